The second-order valence-electron chi connectivity index (χ2n) is 3.17. The van der Waals surface area contributed by atoms with E-state index in [-0.39, 0.29) is 17.9 Å². The summed E-state index contributed by atoms with van der Waals surface area (Å²) in [5.41, 5.74) is 0.471. The van der Waals surface area contributed by atoms with Crippen molar-refractivity contribution in [1.82, 2.24) is 0 Å². The van der Waals surface area contributed by atoms with Crippen molar-refractivity contribution in [2.75, 3.05) is 7.11 Å². The molecular weight excluding hydrogens is 187 g/mol. The van der Waals surface area contributed by atoms with Gasteiger partial charge < -0.3 is 14.9 Å². The lowest BCUT2D eigenvalue weighted by Crippen LogP contribution is -2.05. The molecule has 1 unspecified atom stereocenters. The Morgan fingerprint density at radius 2 is 2.14 bits per heavy atom. The first kappa shape index (κ1) is 10.8. The zero-order valence-corrected chi connectivity index (χ0v) is 8.12. The summed E-state index contributed by atoms with van der Waals surface area (Å²) in [7, 11) is 1.35. The van der Waals surface area contributed by atoms with Gasteiger partial charge in [0, 0.05) is 18.1 Å². The van der Waals surface area contributed by atoms with Crippen molar-refractivity contribution < 1.29 is 19.3 Å². The molecule has 1 aromatic carbocycles. The van der Waals surface area contributed by atoms with E-state index in [0.717, 1.165) is 6.07 Å². The van der Waals surface area contributed by atoms with Gasteiger partial charge in [0.1, 0.15) is 5.75 Å². The number of hydrogen-bond acceptors (Lipinski definition) is 3. The molecule has 1 aromatic rings. The van der Waals surface area contributed by atoms with Crippen molar-refractivity contribution in [2.45, 2.75) is 19.4 Å². The third-order valence-electron chi connectivity index (χ3n) is 1.87. The zero-order chi connectivity index (χ0) is 10.7. The fourth-order valence-corrected chi connectivity index (χ4v) is 1.22. The average Bonchev–Trinajstić information content (AvgIpc) is 2.09. The van der Waals surface area contributed by atoms with Crippen molar-refractivity contribution in [2.24, 2.45) is 0 Å². The van der Waals surface area contributed by atoms with E-state index in [2.05, 4.69) is 0 Å². The lowest BCUT2D eigenvalue weighted by Gasteiger charge is -2.09. The number of ether oxygens (including phenoxy) is 1. The highest BCUT2D eigenvalue weighted by Gasteiger charge is 2.11. The highest BCUT2D eigenvalue weighted by atomic mass is 19.1. The van der Waals surface area contributed by atoms with Crippen LogP contribution in [0.3, 0.4) is 0 Å². The van der Waals surface area contributed by atoms with E-state index in [9.17, 15) is 9.50 Å². The van der Waals surface area contributed by atoms with Crippen LogP contribution < -0.4 is 4.74 Å². The maximum atomic E-state index is 13.0. The Balaban J connectivity index is 3.04. The van der Waals surface area contributed by atoms with Crippen LogP contribution in [0.1, 0.15) is 12.5 Å². The van der Waals surface area contributed by atoms with E-state index in [1.807, 2.05) is 0 Å². The summed E-state index contributed by atoms with van der Waals surface area (Å²) in [5.74, 6) is -0.706. The molecule has 0 saturated heterocycles. The second kappa shape index (κ2) is 4.28. The number of benzene rings is 1. The number of hydrogen-bond donors (Lipinski definition) is 2. The van der Waals surface area contributed by atoms with Crippen molar-refractivity contribution in [3.8, 4) is 11.5 Å². The molecule has 2 N–H and O–H groups in total. The van der Waals surface area contributed by atoms with Crippen LogP contribution in [0, 0.1) is 5.82 Å². The van der Waals surface area contributed by atoms with Crippen LogP contribution >= 0.6 is 0 Å². The molecule has 0 heterocycles. The highest BCUT2D eigenvalue weighted by molar-refractivity contribution is 5.40. The number of rotatable bonds is 3. The third kappa shape index (κ3) is 2.35. The molecule has 0 radical (unpaired) electrons. The lowest BCUT2D eigenvalue weighted by atomic mass is 10.1. The lowest BCUT2D eigenvalue weighted by molar-refractivity contribution is 0.194. The molecule has 0 bridgehead atoms. The Morgan fingerprint density at radius 1 is 1.50 bits per heavy atom. The van der Waals surface area contributed by atoms with Gasteiger partial charge in [-0.25, -0.2) is 4.39 Å². The van der Waals surface area contributed by atoms with Gasteiger partial charge in [-0.15, -0.1) is 0 Å². The van der Waals surface area contributed by atoms with E-state index in [1.165, 1.54) is 13.2 Å². The van der Waals surface area contributed by atoms with Gasteiger partial charge in [-0.05, 0) is 13.0 Å². The van der Waals surface area contributed by atoms with E-state index in [4.69, 9.17) is 9.84 Å². The van der Waals surface area contributed by atoms with Crippen LogP contribution in [0.5, 0.6) is 11.5 Å². The fourth-order valence-electron chi connectivity index (χ4n) is 1.22. The molecule has 3 nitrogen and oxygen atoms in total. The summed E-state index contributed by atoms with van der Waals surface area (Å²) in [4.78, 5) is 0. The summed E-state index contributed by atoms with van der Waals surface area (Å²) in [5, 5.41) is 18.5. The van der Waals surface area contributed by atoms with E-state index < -0.39 is 11.9 Å². The SMILES string of the molecule is COc1cc(CC(C)O)c(O)cc1F. The van der Waals surface area contributed by atoms with Crippen LogP contribution in [0.4, 0.5) is 4.39 Å². The minimum Gasteiger partial charge on any atom is -0.508 e. The van der Waals surface area contributed by atoms with Gasteiger partial charge in [0.15, 0.2) is 11.6 Å². The predicted molar refractivity (Wildman–Crippen MR) is 50.0 cm³/mol. The quantitative estimate of drug-likeness (QED) is 0.776. The molecular formula is C10H13FO3. The second-order valence-corrected chi connectivity index (χ2v) is 3.17. The first-order valence-electron chi connectivity index (χ1n) is 4.28. The number of aliphatic hydroxyl groups excluding tert-OH is 1. The summed E-state index contributed by atoms with van der Waals surface area (Å²) < 4.78 is 17.8. The standard InChI is InChI=1S/C10H13FO3/c1-6(12)3-7-4-10(14-2)8(11)5-9(7)13/h4-6,12-13H,3H2,1-2H3. The predicted octanol–water partition coefficient (Wildman–Crippen LogP) is 1.46. The van der Waals surface area contributed by atoms with Crippen LogP contribution in [-0.2, 0) is 6.42 Å². The summed E-state index contributed by atoms with van der Waals surface area (Å²) in [6.07, 6.45) is -0.321. The maximum absolute atomic E-state index is 13.0. The molecule has 1 rings (SSSR count). The third-order valence-corrected chi connectivity index (χ3v) is 1.87. The van der Waals surface area contributed by atoms with Gasteiger partial charge in [-0.1, -0.05) is 0 Å². The molecule has 14 heavy (non-hydrogen) atoms. The van der Waals surface area contributed by atoms with Gasteiger partial charge in [0.25, 0.3) is 0 Å². The van der Waals surface area contributed by atoms with E-state index in [1.54, 1.807) is 6.92 Å². The molecule has 0 aliphatic carbocycles. The Kier molecular flexibility index (Phi) is 3.30. The van der Waals surface area contributed by atoms with E-state index >= 15 is 0 Å². The number of halogens is 1. The number of aromatic hydroxyl groups is 1. The number of aliphatic hydroxyl groups is 1. The van der Waals surface area contributed by atoms with Gasteiger partial charge in [0.05, 0.1) is 13.2 Å². The van der Waals surface area contributed by atoms with Crippen LogP contribution in [0.2, 0.25) is 0 Å². The van der Waals surface area contributed by atoms with Crippen molar-refractivity contribution in [3.63, 3.8) is 0 Å². The fraction of sp³-hybridized carbons (Fsp3) is 0.400. The molecule has 78 valence electrons. The Bertz CT molecular complexity index is 323. The molecule has 0 saturated carbocycles. The van der Waals surface area contributed by atoms with Gasteiger partial charge in [-0.2, -0.15) is 0 Å². The van der Waals surface area contributed by atoms with Crippen LogP contribution in [-0.4, -0.2) is 23.4 Å². The average molecular weight is 200 g/mol. The molecule has 0 aliphatic rings. The summed E-state index contributed by atoms with van der Waals surface area (Å²) >= 11 is 0. The minimum atomic E-state index is -0.612. The number of phenolic OH excluding ortho intramolecular Hbond substituents is 1. The minimum absolute atomic E-state index is 0.0680. The normalized spacial score (nSPS) is 12.6. The van der Waals surface area contributed by atoms with Crippen LogP contribution in [0.25, 0.3) is 0 Å². The van der Waals surface area contributed by atoms with E-state index in [0.29, 0.717) is 5.56 Å². The van der Waals surface area contributed by atoms with Crippen molar-refractivity contribution in [1.29, 1.82) is 0 Å². The highest BCUT2D eigenvalue weighted by Crippen LogP contribution is 2.27. The van der Waals surface area contributed by atoms with Gasteiger partial charge in [0.2, 0.25) is 0 Å². The topological polar surface area (TPSA) is 49.7 Å². The Hall–Kier alpha value is -1.29. The smallest absolute Gasteiger partial charge is 0.168 e. The zero-order valence-electron chi connectivity index (χ0n) is 8.12. The molecule has 0 aliphatic heterocycles. The molecule has 0 amide bonds. The van der Waals surface area contributed by atoms with Crippen molar-refractivity contribution >= 4 is 0 Å². The first-order chi connectivity index (χ1) is 6.54. The Morgan fingerprint density at radius 3 is 2.64 bits per heavy atom. The van der Waals surface area contributed by atoms with Crippen molar-refractivity contribution in [3.05, 3.63) is 23.5 Å². The first-order valence-corrected chi connectivity index (χ1v) is 4.28. The molecule has 0 aromatic heterocycles. The molecule has 4 heteroatoms. The van der Waals surface area contributed by atoms with Crippen LogP contribution in [0.15, 0.2) is 12.1 Å². The molecule has 1 atom stereocenters. The number of phenols is 1. The maximum Gasteiger partial charge on any atom is 0.168 e. The van der Waals surface area contributed by atoms with Gasteiger partial charge in [-0.3, -0.25) is 0 Å². The largest absolute Gasteiger partial charge is 0.508 e. The van der Waals surface area contributed by atoms with Gasteiger partial charge >= 0.3 is 0 Å². The summed E-state index contributed by atoms with van der Waals surface area (Å²) in [6.45, 7) is 1.59. The molecule has 0 fully saturated rings. The number of methoxy groups -OCH3 is 1. The monoisotopic (exact) mass is 200 g/mol. The molecule has 0 spiro atoms. The summed E-state index contributed by atoms with van der Waals surface area (Å²) in [6, 6.07) is 2.37. The Labute approximate surface area is 81.8 Å².